The second-order valence-electron chi connectivity index (χ2n) is 20.3. The molecule has 4 aliphatic heterocycles. The number of aliphatic hydroxyl groups excluding tert-OH is 16. The summed E-state index contributed by atoms with van der Waals surface area (Å²) >= 11 is 0. The van der Waals surface area contributed by atoms with Gasteiger partial charge in [0, 0.05) is 0 Å². The summed E-state index contributed by atoms with van der Waals surface area (Å²) in [4.78, 5) is 0. The molecule has 4 aromatic rings. The van der Waals surface area contributed by atoms with Gasteiger partial charge in [-0.3, -0.25) is 0 Å². The van der Waals surface area contributed by atoms with Crippen molar-refractivity contribution in [3.63, 3.8) is 0 Å². The van der Waals surface area contributed by atoms with E-state index in [-0.39, 0.29) is 13.2 Å². The zero-order valence-corrected chi connectivity index (χ0v) is 48.0. The zero-order valence-electron chi connectivity index (χ0n) is 48.0. The Morgan fingerprint density at radius 3 is 0.895 bits per heavy atom. The number of aryl methyl sites for hydroxylation is 1. The van der Waals surface area contributed by atoms with E-state index in [9.17, 15) is 61.3 Å². The summed E-state index contributed by atoms with van der Waals surface area (Å²) in [6.45, 7) is -0.847. The van der Waals surface area contributed by atoms with E-state index in [4.69, 9.17) is 72.5 Å². The highest BCUT2D eigenvalue weighted by molar-refractivity contribution is 5.29. The third-order valence-electron chi connectivity index (χ3n) is 14.4. The molecule has 4 aromatic carbocycles. The van der Waals surface area contributed by atoms with Gasteiger partial charge in [0.15, 0.2) is 25.2 Å². The molecule has 27 heteroatoms. The lowest BCUT2D eigenvalue weighted by Gasteiger charge is -2.39. The van der Waals surface area contributed by atoms with Crippen molar-refractivity contribution in [2.24, 2.45) is 0 Å². The molecule has 0 aromatic heterocycles. The lowest BCUT2D eigenvalue weighted by Crippen LogP contribution is -2.59. The fourth-order valence-corrected chi connectivity index (χ4v) is 9.01. The van der Waals surface area contributed by atoms with Crippen LogP contribution in [0.1, 0.15) is 28.7 Å². The number of aliphatic hydroxyl groups is 16. The molecular weight excluding hydrogens is 1140 g/mol. The first-order chi connectivity index (χ1) is 41.3. The Morgan fingerprint density at radius 2 is 0.581 bits per heavy atom. The van der Waals surface area contributed by atoms with Crippen molar-refractivity contribution >= 4 is 0 Å². The number of rotatable bonds is 23. The van der Waals surface area contributed by atoms with Gasteiger partial charge in [-0.25, -0.2) is 0 Å². The Bertz CT molecular complexity index is 2410. The number of benzene rings is 4. The number of hydrogen-bond acceptors (Lipinski definition) is 27. The molecule has 8 rings (SSSR count). The molecule has 86 heavy (non-hydrogen) atoms. The maximum Gasteiger partial charge on any atom is 0.187 e. The van der Waals surface area contributed by atoms with Crippen LogP contribution in [0.25, 0.3) is 0 Å². The molecule has 20 atom stereocenters. The van der Waals surface area contributed by atoms with E-state index in [1.165, 1.54) is 0 Å². The average molecular weight is 1230 g/mol. The SMILES string of the molecule is COc1ccc(CCCO[C@@H]2O[C@H](CO)[C@@H](O)[C@H](O)[C@H]2O)cc1.COc1ccc(CCO[C@@H]2O[C@H](CO)[C@@H](O)[C@H](O)[C@H]2O)cc1.COc1ccc(CO[C@@H]2O[C@H](CO)[C@@H](O)[C@H](O)[C@H]2O)cc1.OC[C@H]1O[C@@H](OCCc2ccccc2)[C@H](O)[C@@H](O)[C@@H]1O. The number of ether oxygens (including phenoxy) is 11. The second-order valence-corrected chi connectivity index (χ2v) is 20.3. The molecular formula is C59H86O27. The van der Waals surface area contributed by atoms with Gasteiger partial charge in [-0.1, -0.05) is 66.7 Å². The molecule has 0 aliphatic carbocycles. The van der Waals surface area contributed by atoms with Crippen molar-refractivity contribution in [3.8, 4) is 17.2 Å². The molecule has 4 saturated heterocycles. The van der Waals surface area contributed by atoms with Gasteiger partial charge < -0.3 is 134 Å². The van der Waals surface area contributed by atoms with Crippen LogP contribution in [-0.2, 0) is 63.8 Å². The van der Waals surface area contributed by atoms with Gasteiger partial charge in [0.25, 0.3) is 0 Å². The minimum absolute atomic E-state index is 0.146. The molecule has 4 heterocycles. The molecule has 16 N–H and O–H groups in total. The molecule has 4 fully saturated rings. The topological polar surface area (TPSA) is 425 Å². The van der Waals surface area contributed by atoms with Crippen LogP contribution >= 0.6 is 0 Å². The van der Waals surface area contributed by atoms with Crippen molar-refractivity contribution in [1.82, 2.24) is 0 Å². The zero-order chi connectivity index (χ0) is 62.9. The van der Waals surface area contributed by atoms with Gasteiger partial charge in [-0.05, 0) is 84.3 Å². The van der Waals surface area contributed by atoms with Gasteiger partial charge >= 0.3 is 0 Å². The second kappa shape index (κ2) is 37.3. The summed E-state index contributed by atoms with van der Waals surface area (Å²) in [5, 5.41) is 153. The summed E-state index contributed by atoms with van der Waals surface area (Å²) < 4.78 is 57.9. The van der Waals surface area contributed by atoms with Gasteiger partial charge in [-0.15, -0.1) is 0 Å². The third-order valence-corrected chi connectivity index (χ3v) is 14.4. The van der Waals surface area contributed by atoms with E-state index in [1.807, 2.05) is 78.9 Å². The fourth-order valence-electron chi connectivity index (χ4n) is 9.01. The van der Waals surface area contributed by atoms with Crippen molar-refractivity contribution in [2.75, 3.05) is 67.6 Å². The minimum Gasteiger partial charge on any atom is -0.497 e. The van der Waals surface area contributed by atoms with E-state index < -0.39 is 149 Å². The lowest BCUT2D eigenvalue weighted by molar-refractivity contribution is -0.304. The van der Waals surface area contributed by atoms with E-state index in [0.717, 1.165) is 40.2 Å². The molecule has 0 radical (unpaired) electrons. The quantitative estimate of drug-likeness (QED) is 0.0321. The summed E-state index contributed by atoms with van der Waals surface area (Å²) in [5.41, 5.74) is 4.05. The lowest BCUT2D eigenvalue weighted by atomic mass is 9.99. The highest BCUT2D eigenvalue weighted by Crippen LogP contribution is 2.27. The molecule has 0 spiro atoms. The van der Waals surface area contributed by atoms with Gasteiger partial charge in [0.05, 0.1) is 74.2 Å². The smallest absolute Gasteiger partial charge is 0.187 e. The first kappa shape index (κ1) is 72.1. The van der Waals surface area contributed by atoms with Crippen LogP contribution in [0, 0.1) is 0 Å². The molecule has 27 nitrogen and oxygen atoms in total. The predicted octanol–water partition coefficient (Wildman–Crippen LogP) is -3.44. The van der Waals surface area contributed by atoms with Crippen LogP contribution in [0.4, 0.5) is 0 Å². The Kier molecular flexibility index (Phi) is 31.3. The minimum atomic E-state index is -1.43. The highest BCUT2D eigenvalue weighted by Gasteiger charge is 2.47. The fraction of sp³-hybridized carbons (Fsp3) is 0.593. The summed E-state index contributed by atoms with van der Waals surface area (Å²) in [6, 6.07) is 32.0. The standard InChI is InChI=1S/C16H24O7.C15H22O7.C14H20O7.C14H20O6/c1-21-11-6-4-10(5-7-11)3-2-8-22-16-15(20)14(19)13(18)12(9-17)23-16;1-20-10-4-2-9(3-5-10)6-7-21-15-14(19)13(18)12(17)11(8-16)22-15;1-19-9-4-2-8(3-5-9)7-20-14-13(18)12(17)11(16)10(6-15)21-14;15-8-10-11(16)12(17)13(18)14(20-10)19-7-6-9-4-2-1-3-5-9/h4-7,12-20H,2-3,8-9H2,1H3;2-5,11-19H,6-8H2,1H3;2-5,10-18H,6-7H2,1H3;1-5,10-18H,6-8H2/t12-,13-,14+,15-,16-;11-,12-,13+,14-,15-;2*10-,11-,12+,13-,14-/m1111/s1. The predicted molar refractivity (Wildman–Crippen MR) is 299 cm³/mol. The summed E-state index contributed by atoms with van der Waals surface area (Å²) in [7, 11) is 4.78. The van der Waals surface area contributed by atoms with Crippen molar-refractivity contribution in [3.05, 3.63) is 125 Å². The largest absolute Gasteiger partial charge is 0.497 e. The van der Waals surface area contributed by atoms with Crippen LogP contribution in [0.2, 0.25) is 0 Å². The first-order valence-corrected chi connectivity index (χ1v) is 27.9. The Hall–Kier alpha value is -4.68. The normalized spacial score (nSPS) is 32.5. The Balaban J connectivity index is 0.000000210. The van der Waals surface area contributed by atoms with Gasteiger partial charge in [0.1, 0.15) is 115 Å². The maximum atomic E-state index is 9.84. The molecule has 0 saturated carbocycles. The van der Waals surface area contributed by atoms with Crippen molar-refractivity contribution in [2.45, 2.75) is 155 Å². The van der Waals surface area contributed by atoms with E-state index in [0.29, 0.717) is 38.2 Å². The van der Waals surface area contributed by atoms with Crippen LogP contribution in [0.15, 0.2) is 103 Å². The molecule has 0 unspecified atom stereocenters. The first-order valence-electron chi connectivity index (χ1n) is 27.9. The van der Waals surface area contributed by atoms with E-state index in [1.54, 1.807) is 45.6 Å². The van der Waals surface area contributed by atoms with E-state index >= 15 is 0 Å². The Labute approximate surface area is 497 Å². The van der Waals surface area contributed by atoms with Gasteiger partial charge in [0.2, 0.25) is 0 Å². The molecule has 0 amide bonds. The van der Waals surface area contributed by atoms with Crippen molar-refractivity contribution in [1.29, 1.82) is 0 Å². The van der Waals surface area contributed by atoms with Crippen LogP contribution in [0.3, 0.4) is 0 Å². The molecule has 4 aliphatic rings. The summed E-state index contributed by atoms with van der Waals surface area (Å²) in [5.74, 6) is 2.27. The summed E-state index contributed by atoms with van der Waals surface area (Å²) in [6.07, 6.45) is -22.0. The third kappa shape index (κ3) is 21.2. The average Bonchev–Trinajstić information content (AvgIpc) is 3.04. The van der Waals surface area contributed by atoms with Gasteiger partial charge in [-0.2, -0.15) is 0 Å². The monoisotopic (exact) mass is 1230 g/mol. The number of methoxy groups -OCH3 is 3. The Morgan fingerprint density at radius 1 is 0.302 bits per heavy atom. The maximum absolute atomic E-state index is 9.84. The van der Waals surface area contributed by atoms with Crippen molar-refractivity contribution < 1.29 is 134 Å². The molecule has 484 valence electrons. The molecule has 0 bridgehead atoms. The number of hydrogen-bond donors (Lipinski definition) is 16. The van der Waals surface area contributed by atoms with Crippen LogP contribution in [0.5, 0.6) is 17.2 Å². The van der Waals surface area contributed by atoms with Crippen LogP contribution in [-0.4, -0.2) is 272 Å². The van der Waals surface area contributed by atoms with Crippen LogP contribution < -0.4 is 14.2 Å². The van der Waals surface area contributed by atoms with E-state index in [2.05, 4.69) is 0 Å². The highest BCUT2D eigenvalue weighted by atomic mass is 16.7.